The molecule has 4 aromatic rings. The van der Waals surface area contributed by atoms with Gasteiger partial charge in [-0.1, -0.05) is 24.3 Å². The number of furan rings is 1. The van der Waals surface area contributed by atoms with Crippen molar-refractivity contribution in [1.82, 2.24) is 14.9 Å². The lowest BCUT2D eigenvalue weighted by Gasteiger charge is -2.35. The van der Waals surface area contributed by atoms with Crippen molar-refractivity contribution in [3.05, 3.63) is 89.8 Å². The molecule has 5 heteroatoms. The van der Waals surface area contributed by atoms with Crippen LogP contribution in [-0.2, 0) is 6.42 Å². The summed E-state index contributed by atoms with van der Waals surface area (Å²) in [5, 5.41) is 1.22. The number of nitrogens with one attached hydrogen (secondary N) is 1. The number of hydrogen-bond acceptors (Lipinski definition) is 3. The van der Waals surface area contributed by atoms with Crippen LogP contribution in [0.3, 0.4) is 0 Å². The van der Waals surface area contributed by atoms with E-state index >= 15 is 0 Å². The lowest BCUT2D eigenvalue weighted by molar-refractivity contribution is 0.0659. The Hall–Kier alpha value is -3.34. The molecule has 128 valence electrons. The minimum atomic E-state index is -0.211. The molecule has 0 spiro atoms. The molecular formula is C21H17N3O2. The van der Waals surface area contributed by atoms with Crippen LogP contribution in [-0.4, -0.2) is 27.3 Å². The number of H-pyrrole nitrogens is 1. The second kappa shape index (κ2) is 5.88. The summed E-state index contributed by atoms with van der Waals surface area (Å²) >= 11 is 0. The van der Waals surface area contributed by atoms with E-state index in [9.17, 15) is 4.79 Å². The fourth-order valence-electron chi connectivity index (χ4n) is 3.89. The topological polar surface area (TPSA) is 62.1 Å². The Morgan fingerprint density at radius 1 is 1.15 bits per heavy atom. The van der Waals surface area contributed by atoms with Gasteiger partial charge in [-0.3, -0.25) is 9.78 Å². The van der Waals surface area contributed by atoms with Crippen molar-refractivity contribution in [2.24, 2.45) is 0 Å². The van der Waals surface area contributed by atoms with Crippen molar-refractivity contribution < 1.29 is 9.21 Å². The molecule has 0 unspecified atom stereocenters. The number of benzene rings is 1. The number of rotatable bonds is 2. The number of aromatic nitrogens is 2. The molecule has 1 aromatic carbocycles. The maximum absolute atomic E-state index is 13.1. The summed E-state index contributed by atoms with van der Waals surface area (Å²) in [6.45, 7) is 0.633. The van der Waals surface area contributed by atoms with Crippen LogP contribution in [0.5, 0.6) is 0 Å². The van der Waals surface area contributed by atoms with E-state index in [1.165, 1.54) is 17.2 Å². The van der Waals surface area contributed by atoms with Gasteiger partial charge in [0, 0.05) is 35.5 Å². The maximum Gasteiger partial charge on any atom is 0.290 e. The largest absolute Gasteiger partial charge is 0.459 e. The molecule has 1 atom stereocenters. The molecule has 26 heavy (non-hydrogen) atoms. The summed E-state index contributed by atoms with van der Waals surface area (Å²) in [5.41, 5.74) is 4.42. The van der Waals surface area contributed by atoms with Crippen LogP contribution in [0.25, 0.3) is 10.9 Å². The first kappa shape index (κ1) is 15.0. The number of fused-ring (bicyclic) bond motifs is 3. The number of pyridine rings is 1. The third kappa shape index (κ3) is 2.24. The molecule has 0 saturated heterocycles. The zero-order valence-electron chi connectivity index (χ0n) is 14.1. The summed E-state index contributed by atoms with van der Waals surface area (Å²) in [6.07, 6.45) is 5.91. The number of carbonyl (C=O) groups excluding carboxylic acids is 1. The summed E-state index contributed by atoms with van der Waals surface area (Å²) in [6, 6.07) is 15.4. The van der Waals surface area contributed by atoms with E-state index in [1.807, 2.05) is 29.3 Å². The zero-order chi connectivity index (χ0) is 17.5. The first-order valence-corrected chi connectivity index (χ1v) is 8.67. The van der Waals surface area contributed by atoms with Crippen LogP contribution in [0.4, 0.5) is 0 Å². The highest BCUT2D eigenvalue weighted by Crippen LogP contribution is 2.38. The van der Waals surface area contributed by atoms with Crippen molar-refractivity contribution in [2.45, 2.75) is 12.5 Å². The van der Waals surface area contributed by atoms with Crippen molar-refractivity contribution in [3.63, 3.8) is 0 Å². The van der Waals surface area contributed by atoms with Gasteiger partial charge in [0.15, 0.2) is 5.76 Å². The normalized spacial score (nSPS) is 16.6. The Morgan fingerprint density at radius 3 is 2.88 bits per heavy atom. The lowest BCUT2D eigenvalue weighted by atomic mass is 9.93. The predicted octanol–water partition coefficient (Wildman–Crippen LogP) is 3.94. The minimum absolute atomic E-state index is 0.104. The van der Waals surface area contributed by atoms with Gasteiger partial charge in [-0.05, 0) is 41.8 Å². The summed E-state index contributed by atoms with van der Waals surface area (Å²) in [4.78, 5) is 22.7. The Morgan fingerprint density at radius 2 is 2.08 bits per heavy atom. The van der Waals surface area contributed by atoms with Gasteiger partial charge in [0.25, 0.3) is 5.91 Å². The molecule has 1 aliphatic heterocycles. The van der Waals surface area contributed by atoms with Crippen molar-refractivity contribution in [2.75, 3.05) is 6.54 Å². The van der Waals surface area contributed by atoms with E-state index in [0.29, 0.717) is 12.3 Å². The highest BCUT2D eigenvalue weighted by atomic mass is 16.3. The number of amides is 1. The van der Waals surface area contributed by atoms with Gasteiger partial charge in [-0.15, -0.1) is 0 Å². The van der Waals surface area contributed by atoms with Crippen LogP contribution < -0.4 is 0 Å². The Labute approximate surface area is 150 Å². The monoisotopic (exact) mass is 343 g/mol. The maximum atomic E-state index is 13.1. The van der Waals surface area contributed by atoms with E-state index in [-0.39, 0.29) is 11.9 Å². The molecular weight excluding hydrogens is 326 g/mol. The Bertz CT molecular complexity index is 1070. The van der Waals surface area contributed by atoms with Crippen LogP contribution in [0, 0.1) is 0 Å². The molecule has 3 aromatic heterocycles. The summed E-state index contributed by atoms with van der Waals surface area (Å²) in [7, 11) is 0. The average molecular weight is 343 g/mol. The minimum Gasteiger partial charge on any atom is -0.459 e. The first-order chi connectivity index (χ1) is 12.8. The fraction of sp³-hybridized carbons (Fsp3) is 0.143. The second-order valence-electron chi connectivity index (χ2n) is 6.48. The quantitative estimate of drug-likeness (QED) is 0.599. The average Bonchev–Trinajstić information content (AvgIpc) is 3.35. The third-order valence-electron chi connectivity index (χ3n) is 5.03. The number of aromatic amines is 1. The summed E-state index contributed by atoms with van der Waals surface area (Å²) < 4.78 is 5.36. The van der Waals surface area contributed by atoms with Crippen LogP contribution >= 0.6 is 0 Å². The second-order valence-corrected chi connectivity index (χ2v) is 6.48. The third-order valence-corrected chi connectivity index (χ3v) is 5.03. The van der Waals surface area contributed by atoms with Crippen molar-refractivity contribution >= 4 is 16.8 Å². The van der Waals surface area contributed by atoms with E-state index in [4.69, 9.17) is 4.42 Å². The smallest absolute Gasteiger partial charge is 0.290 e. The van der Waals surface area contributed by atoms with Gasteiger partial charge in [-0.25, -0.2) is 0 Å². The molecule has 5 rings (SSSR count). The number of hydrogen-bond donors (Lipinski definition) is 1. The molecule has 4 heterocycles. The molecule has 0 saturated carbocycles. The fourth-order valence-corrected chi connectivity index (χ4v) is 3.89. The number of para-hydroxylation sites is 1. The standard InChI is InChI=1S/C21H17N3O2/c25-21(18-8-4-12-26-18)24-11-9-16-15-6-1-2-7-17(15)23-19(16)20(24)14-5-3-10-22-13-14/h1-8,10,12-13,20,23H,9,11H2/t20-/m0/s1. The van der Waals surface area contributed by atoms with Gasteiger partial charge in [0.2, 0.25) is 0 Å². The zero-order valence-corrected chi connectivity index (χ0v) is 14.1. The SMILES string of the molecule is O=C(c1ccco1)N1CCc2c([nH]c3ccccc23)[C@@H]1c1cccnc1. The van der Waals surface area contributed by atoms with Gasteiger partial charge in [0.1, 0.15) is 0 Å². The van der Waals surface area contributed by atoms with Crippen molar-refractivity contribution in [3.8, 4) is 0 Å². The van der Waals surface area contributed by atoms with E-state index in [0.717, 1.165) is 23.2 Å². The lowest BCUT2D eigenvalue weighted by Crippen LogP contribution is -2.40. The van der Waals surface area contributed by atoms with Gasteiger partial charge in [-0.2, -0.15) is 0 Å². The van der Waals surface area contributed by atoms with E-state index < -0.39 is 0 Å². The van der Waals surface area contributed by atoms with E-state index in [1.54, 1.807) is 18.3 Å². The highest BCUT2D eigenvalue weighted by Gasteiger charge is 2.35. The molecule has 0 bridgehead atoms. The number of nitrogens with zero attached hydrogens (tertiary/aromatic N) is 2. The molecule has 1 N–H and O–H groups in total. The van der Waals surface area contributed by atoms with Crippen LogP contribution in [0.1, 0.15) is 33.4 Å². The molecule has 1 aliphatic rings. The Kier molecular flexibility index (Phi) is 3.38. The van der Waals surface area contributed by atoms with Gasteiger partial charge >= 0.3 is 0 Å². The Balaban J connectivity index is 1.69. The van der Waals surface area contributed by atoms with Gasteiger partial charge < -0.3 is 14.3 Å². The number of carbonyl (C=O) groups is 1. The molecule has 5 nitrogen and oxygen atoms in total. The van der Waals surface area contributed by atoms with Gasteiger partial charge in [0.05, 0.1) is 12.3 Å². The first-order valence-electron chi connectivity index (χ1n) is 8.67. The molecule has 0 fully saturated rings. The molecule has 1 amide bonds. The highest BCUT2D eigenvalue weighted by molar-refractivity contribution is 5.93. The molecule has 0 aliphatic carbocycles. The van der Waals surface area contributed by atoms with Crippen LogP contribution in [0.2, 0.25) is 0 Å². The van der Waals surface area contributed by atoms with Crippen LogP contribution in [0.15, 0.2) is 71.6 Å². The predicted molar refractivity (Wildman–Crippen MR) is 97.8 cm³/mol. The summed E-state index contributed by atoms with van der Waals surface area (Å²) in [5.74, 6) is 0.256. The molecule has 0 radical (unpaired) electrons. The van der Waals surface area contributed by atoms with Crippen molar-refractivity contribution in [1.29, 1.82) is 0 Å². The van der Waals surface area contributed by atoms with E-state index in [2.05, 4.69) is 28.2 Å².